The summed E-state index contributed by atoms with van der Waals surface area (Å²) in [5.74, 6) is 1.01. The molecule has 192 valence electrons. The highest BCUT2D eigenvalue weighted by atomic mass is 16.5. The van der Waals surface area contributed by atoms with Crippen molar-refractivity contribution >= 4 is 16.9 Å². The van der Waals surface area contributed by atoms with Crippen molar-refractivity contribution in [1.29, 1.82) is 5.26 Å². The zero-order chi connectivity index (χ0) is 25.6. The van der Waals surface area contributed by atoms with Crippen LogP contribution in [0, 0.1) is 11.3 Å². The Bertz CT molecular complexity index is 1550. The Morgan fingerprint density at radius 3 is 2.61 bits per heavy atom. The summed E-state index contributed by atoms with van der Waals surface area (Å²) in [6.07, 6.45) is 15.2. The van der Waals surface area contributed by atoms with Gasteiger partial charge in [0.2, 0.25) is 0 Å². The first-order valence-electron chi connectivity index (χ1n) is 13.3. The second-order valence-electron chi connectivity index (χ2n) is 10.5. The van der Waals surface area contributed by atoms with Gasteiger partial charge in [-0.15, -0.1) is 0 Å². The number of hydrogen-bond donors (Lipinski definition) is 0. The molecule has 0 radical (unpaired) electrons. The molecule has 2 fully saturated rings. The van der Waals surface area contributed by atoms with Gasteiger partial charge in [0, 0.05) is 74.0 Å². The van der Waals surface area contributed by atoms with Gasteiger partial charge in [-0.2, -0.15) is 15.5 Å². The molecule has 2 saturated heterocycles. The summed E-state index contributed by atoms with van der Waals surface area (Å²) in [5.41, 5.74) is 6.99. The van der Waals surface area contributed by atoms with Gasteiger partial charge in [-0.1, -0.05) is 6.08 Å². The Hall–Kier alpha value is -4.00. The number of piperazine rings is 1. The van der Waals surface area contributed by atoms with Gasteiger partial charge in [0.05, 0.1) is 36.7 Å². The molecule has 7 rings (SSSR count). The number of rotatable bonds is 5. The number of anilines is 1. The van der Waals surface area contributed by atoms with Gasteiger partial charge in [-0.3, -0.25) is 9.58 Å². The lowest BCUT2D eigenvalue weighted by atomic mass is 9.98. The van der Waals surface area contributed by atoms with Crippen LogP contribution in [0.2, 0.25) is 0 Å². The smallest absolute Gasteiger partial charge is 0.128 e. The molecule has 0 aromatic carbocycles. The van der Waals surface area contributed by atoms with Gasteiger partial charge >= 0.3 is 0 Å². The number of ether oxygens (including phenoxy) is 1. The van der Waals surface area contributed by atoms with Gasteiger partial charge in [0.15, 0.2) is 0 Å². The van der Waals surface area contributed by atoms with Crippen LogP contribution in [0.25, 0.3) is 22.2 Å². The number of nitriles is 1. The number of hydrogen-bond acceptors (Lipinski definition) is 7. The van der Waals surface area contributed by atoms with Gasteiger partial charge < -0.3 is 9.64 Å². The average Bonchev–Trinajstić information content (AvgIpc) is 3.63. The maximum absolute atomic E-state index is 9.74. The third-order valence-electron chi connectivity index (χ3n) is 8.21. The van der Waals surface area contributed by atoms with Crippen LogP contribution in [-0.4, -0.2) is 67.7 Å². The summed E-state index contributed by atoms with van der Waals surface area (Å²) < 4.78 is 9.22. The zero-order valence-corrected chi connectivity index (χ0v) is 21.5. The van der Waals surface area contributed by atoms with E-state index in [-0.39, 0.29) is 0 Å². The van der Waals surface area contributed by atoms with E-state index in [1.807, 2.05) is 34.8 Å². The highest BCUT2D eigenvalue weighted by molar-refractivity contribution is 5.87. The summed E-state index contributed by atoms with van der Waals surface area (Å²) >= 11 is 0. The standard InChI is InChI=1S/C29H30N8O/c1-34-15-20(12-32-34)16-36-25-3-4-26(36)19-35(18-25)28-5-2-22(13-31-28)27-10-23(21-6-8-38-9-7-21)17-37-29(27)24(11-30)14-33-37/h2,5-6,10,12-15,17,25-26H,3-4,7-9,16,18-19H2,1H3. The number of aromatic nitrogens is 5. The lowest BCUT2D eigenvalue weighted by molar-refractivity contribution is 0.160. The van der Waals surface area contributed by atoms with Crippen LogP contribution < -0.4 is 4.90 Å². The van der Waals surface area contributed by atoms with Crippen LogP contribution in [0.15, 0.2) is 55.3 Å². The molecule has 0 aliphatic carbocycles. The lowest BCUT2D eigenvalue weighted by Gasteiger charge is -2.41. The van der Waals surface area contributed by atoms with E-state index in [0.29, 0.717) is 24.3 Å². The third kappa shape index (κ3) is 4.06. The molecule has 7 heterocycles. The van der Waals surface area contributed by atoms with E-state index in [1.165, 1.54) is 24.0 Å². The summed E-state index contributed by atoms with van der Waals surface area (Å²) in [6.45, 7) is 4.28. The molecule has 2 bridgehead atoms. The van der Waals surface area contributed by atoms with Gasteiger partial charge in [0.1, 0.15) is 11.9 Å². The molecule has 0 N–H and O–H groups in total. The van der Waals surface area contributed by atoms with Crippen molar-refractivity contribution in [3.05, 3.63) is 71.9 Å². The van der Waals surface area contributed by atoms with Crippen molar-refractivity contribution in [2.45, 2.75) is 37.9 Å². The second-order valence-corrected chi connectivity index (χ2v) is 10.5. The van der Waals surface area contributed by atoms with Gasteiger partial charge in [0.25, 0.3) is 0 Å². The van der Waals surface area contributed by atoms with Crippen molar-refractivity contribution < 1.29 is 4.74 Å². The number of nitrogens with zero attached hydrogens (tertiary/aromatic N) is 8. The summed E-state index contributed by atoms with van der Waals surface area (Å²) in [5, 5.41) is 18.6. The van der Waals surface area contributed by atoms with E-state index in [2.05, 4.69) is 56.5 Å². The molecular weight excluding hydrogens is 476 g/mol. The van der Waals surface area contributed by atoms with E-state index in [0.717, 1.165) is 60.7 Å². The molecule has 2 unspecified atom stereocenters. The van der Waals surface area contributed by atoms with Crippen molar-refractivity contribution in [2.75, 3.05) is 31.2 Å². The Balaban J connectivity index is 1.16. The first-order chi connectivity index (χ1) is 18.7. The molecule has 4 aromatic heterocycles. The lowest BCUT2D eigenvalue weighted by Crippen LogP contribution is -2.53. The predicted molar refractivity (Wildman–Crippen MR) is 144 cm³/mol. The van der Waals surface area contributed by atoms with Crippen LogP contribution >= 0.6 is 0 Å². The minimum Gasteiger partial charge on any atom is -0.377 e. The average molecular weight is 507 g/mol. The molecule has 4 aromatic rings. The van der Waals surface area contributed by atoms with Crippen LogP contribution in [0.1, 0.15) is 36.0 Å². The number of fused-ring (bicyclic) bond motifs is 3. The first-order valence-corrected chi connectivity index (χ1v) is 13.3. The molecule has 0 spiro atoms. The largest absolute Gasteiger partial charge is 0.377 e. The van der Waals surface area contributed by atoms with Crippen LogP contribution in [0.3, 0.4) is 0 Å². The first kappa shape index (κ1) is 23.1. The molecule has 0 saturated carbocycles. The number of aryl methyl sites for hydroxylation is 1. The zero-order valence-electron chi connectivity index (χ0n) is 21.5. The summed E-state index contributed by atoms with van der Waals surface area (Å²) in [4.78, 5) is 10.0. The number of pyridine rings is 2. The highest BCUT2D eigenvalue weighted by Gasteiger charge is 2.40. The van der Waals surface area contributed by atoms with Crippen LogP contribution in [0.4, 0.5) is 5.82 Å². The minimum absolute atomic E-state index is 0.532. The minimum atomic E-state index is 0.532. The van der Waals surface area contributed by atoms with E-state index >= 15 is 0 Å². The van der Waals surface area contributed by atoms with Crippen molar-refractivity contribution in [3.63, 3.8) is 0 Å². The van der Waals surface area contributed by atoms with Gasteiger partial charge in [-0.25, -0.2) is 9.50 Å². The Labute approximate surface area is 221 Å². The van der Waals surface area contributed by atoms with E-state index < -0.39 is 0 Å². The maximum Gasteiger partial charge on any atom is 0.128 e. The quantitative estimate of drug-likeness (QED) is 0.408. The molecule has 9 heteroatoms. The van der Waals surface area contributed by atoms with Crippen molar-refractivity contribution in [1.82, 2.24) is 29.3 Å². The van der Waals surface area contributed by atoms with Crippen LogP contribution in [-0.2, 0) is 18.3 Å². The maximum atomic E-state index is 9.74. The van der Waals surface area contributed by atoms with E-state index in [9.17, 15) is 5.26 Å². The topological polar surface area (TPSA) is 87.5 Å². The Kier molecular flexibility index (Phi) is 5.72. The molecule has 2 atom stereocenters. The fourth-order valence-corrected chi connectivity index (χ4v) is 6.32. The molecule has 38 heavy (non-hydrogen) atoms. The molecule has 0 amide bonds. The summed E-state index contributed by atoms with van der Waals surface area (Å²) in [6, 6.07) is 9.81. The third-order valence-corrected chi connectivity index (χ3v) is 8.21. The fraction of sp³-hybridized carbons (Fsp3) is 0.379. The second kappa shape index (κ2) is 9.39. The fourth-order valence-electron chi connectivity index (χ4n) is 6.32. The van der Waals surface area contributed by atoms with E-state index in [1.54, 1.807) is 6.20 Å². The Morgan fingerprint density at radius 2 is 1.92 bits per heavy atom. The molecule has 3 aliphatic rings. The molecule has 3 aliphatic heterocycles. The molecule has 9 nitrogen and oxygen atoms in total. The van der Waals surface area contributed by atoms with Crippen LogP contribution in [0.5, 0.6) is 0 Å². The highest BCUT2D eigenvalue weighted by Crippen LogP contribution is 2.35. The predicted octanol–water partition coefficient (Wildman–Crippen LogP) is 3.66. The SMILES string of the molecule is Cn1cc(CN2C3CCC2CN(c2ccc(-c4cc(C5=CCOCC5)cn5ncc(C#N)c45)cn2)C3)cn1. The van der Waals surface area contributed by atoms with Gasteiger partial charge in [-0.05, 0) is 48.6 Å². The van der Waals surface area contributed by atoms with E-state index in [4.69, 9.17) is 9.72 Å². The molecular formula is C29H30N8O. The van der Waals surface area contributed by atoms with Crippen molar-refractivity contribution in [2.24, 2.45) is 7.05 Å². The Morgan fingerprint density at radius 1 is 1.05 bits per heavy atom. The summed E-state index contributed by atoms with van der Waals surface area (Å²) in [7, 11) is 1.98. The monoisotopic (exact) mass is 506 g/mol. The van der Waals surface area contributed by atoms with Crippen molar-refractivity contribution in [3.8, 4) is 17.2 Å². The normalized spacial score (nSPS) is 21.6.